The summed E-state index contributed by atoms with van der Waals surface area (Å²) in [5.74, 6) is -0.586. The Balaban J connectivity index is 0.00000103. The molecule has 1 atom stereocenters. The van der Waals surface area contributed by atoms with E-state index in [1.165, 1.54) is 0 Å². The van der Waals surface area contributed by atoms with Crippen molar-refractivity contribution in [3.05, 3.63) is 89.8 Å². The molecule has 0 saturated carbocycles. The first-order valence-corrected chi connectivity index (χ1v) is 12.7. The maximum atomic E-state index is 13.1. The first-order valence-electron chi connectivity index (χ1n) is 12.7. The summed E-state index contributed by atoms with van der Waals surface area (Å²) in [6.07, 6.45) is 3.22. The van der Waals surface area contributed by atoms with Crippen LogP contribution in [0.3, 0.4) is 0 Å². The number of hydrogen-bond donors (Lipinski definition) is 3. The number of amides is 2. The number of esters is 1. The maximum Gasteiger partial charge on any atom is 0.338 e. The fourth-order valence-corrected chi connectivity index (χ4v) is 4.12. The Morgan fingerprint density at radius 3 is 2.45 bits per heavy atom. The van der Waals surface area contributed by atoms with Gasteiger partial charge in [0.25, 0.3) is 5.97 Å². The number of benzene rings is 2. The number of para-hydroxylation sites is 1. The number of nitrogens with zero attached hydrogens (tertiary/aromatic N) is 2. The van der Waals surface area contributed by atoms with Crippen LogP contribution in [0.15, 0.2) is 78.7 Å². The van der Waals surface area contributed by atoms with Gasteiger partial charge >= 0.3 is 12.0 Å². The highest BCUT2D eigenvalue weighted by Crippen LogP contribution is 2.36. The predicted octanol–water partition coefficient (Wildman–Crippen LogP) is 5.08. The molecule has 10 nitrogen and oxygen atoms in total. The molecular weight excluding hydrogens is 512 g/mol. The second-order valence-corrected chi connectivity index (χ2v) is 9.34. The lowest BCUT2D eigenvalue weighted by Crippen LogP contribution is -2.45. The molecular formula is C30H34N4O6. The van der Waals surface area contributed by atoms with Crippen LogP contribution in [0, 0.1) is 6.92 Å². The van der Waals surface area contributed by atoms with E-state index in [2.05, 4.69) is 17.2 Å². The number of urea groups is 1. The third-order valence-electron chi connectivity index (χ3n) is 5.71. The highest BCUT2D eigenvalue weighted by Gasteiger charge is 2.35. The van der Waals surface area contributed by atoms with Crippen molar-refractivity contribution in [2.45, 2.75) is 46.8 Å². The van der Waals surface area contributed by atoms with E-state index in [-0.39, 0.29) is 6.10 Å². The van der Waals surface area contributed by atoms with Gasteiger partial charge in [-0.3, -0.25) is 4.79 Å². The first-order chi connectivity index (χ1) is 19.0. The van der Waals surface area contributed by atoms with Gasteiger partial charge in [0, 0.05) is 29.9 Å². The van der Waals surface area contributed by atoms with Crippen LogP contribution in [0.5, 0.6) is 5.75 Å². The minimum absolute atomic E-state index is 0.312. The highest BCUT2D eigenvalue weighted by molar-refractivity contribution is 5.95. The number of aryl methyl sites for hydroxylation is 1. The van der Waals surface area contributed by atoms with Gasteiger partial charge in [-0.25, -0.2) is 14.3 Å². The van der Waals surface area contributed by atoms with Crippen molar-refractivity contribution in [1.82, 2.24) is 20.4 Å². The normalized spacial score (nSPS) is 14.4. The Morgan fingerprint density at radius 2 is 1.85 bits per heavy atom. The van der Waals surface area contributed by atoms with Crippen molar-refractivity contribution in [2.24, 2.45) is 0 Å². The summed E-state index contributed by atoms with van der Waals surface area (Å²) in [6, 6.07) is 14.3. The van der Waals surface area contributed by atoms with Crippen LogP contribution in [0.2, 0.25) is 0 Å². The molecule has 0 saturated heterocycles. The molecule has 0 radical (unpaired) electrons. The van der Waals surface area contributed by atoms with E-state index < -0.39 is 24.0 Å². The molecule has 0 fully saturated rings. The number of hydrogen-bond acceptors (Lipinski definition) is 6. The van der Waals surface area contributed by atoms with E-state index in [0.29, 0.717) is 29.1 Å². The molecule has 40 heavy (non-hydrogen) atoms. The number of carbonyl (C=O) groups is 3. The van der Waals surface area contributed by atoms with E-state index in [1.807, 2.05) is 61.7 Å². The van der Waals surface area contributed by atoms with Gasteiger partial charge in [-0.2, -0.15) is 5.10 Å². The summed E-state index contributed by atoms with van der Waals surface area (Å²) < 4.78 is 13.0. The number of ether oxygens (including phenoxy) is 2. The van der Waals surface area contributed by atoms with Crippen molar-refractivity contribution < 1.29 is 29.0 Å². The van der Waals surface area contributed by atoms with Crippen molar-refractivity contribution >= 4 is 18.0 Å². The number of carboxylic acids is 1. The molecule has 0 spiro atoms. The number of aliphatic carboxylic acids is 1. The van der Waals surface area contributed by atoms with Crippen LogP contribution in [-0.2, 0) is 14.3 Å². The fourth-order valence-electron chi connectivity index (χ4n) is 4.12. The number of aromatic nitrogens is 2. The molecule has 3 aromatic rings. The van der Waals surface area contributed by atoms with Gasteiger partial charge < -0.3 is 25.2 Å². The van der Waals surface area contributed by atoms with Crippen LogP contribution in [-0.4, -0.2) is 45.6 Å². The van der Waals surface area contributed by atoms with E-state index >= 15 is 0 Å². The Morgan fingerprint density at radius 1 is 1.18 bits per heavy atom. The molecule has 1 aromatic heterocycles. The van der Waals surface area contributed by atoms with Crippen molar-refractivity contribution in [3.63, 3.8) is 0 Å². The lowest BCUT2D eigenvalue weighted by Gasteiger charge is -2.28. The van der Waals surface area contributed by atoms with Gasteiger partial charge in [0.1, 0.15) is 12.4 Å². The molecule has 2 heterocycles. The van der Waals surface area contributed by atoms with E-state index in [0.717, 1.165) is 29.5 Å². The van der Waals surface area contributed by atoms with Gasteiger partial charge in [-0.15, -0.1) is 0 Å². The van der Waals surface area contributed by atoms with Crippen LogP contribution < -0.4 is 15.4 Å². The number of nitrogens with one attached hydrogen (secondary N) is 2. The molecule has 1 aliphatic rings. The van der Waals surface area contributed by atoms with E-state index in [1.54, 1.807) is 31.5 Å². The molecule has 210 valence electrons. The zero-order chi connectivity index (χ0) is 29.4. The number of carboxylic acid groups (broad SMARTS) is 1. The predicted molar refractivity (Wildman–Crippen MR) is 151 cm³/mol. The smallest absolute Gasteiger partial charge is 0.338 e. The van der Waals surface area contributed by atoms with Crippen LogP contribution in [0.25, 0.3) is 16.9 Å². The molecule has 2 amide bonds. The van der Waals surface area contributed by atoms with E-state index in [9.17, 15) is 9.59 Å². The second kappa shape index (κ2) is 13.3. The Labute approximate surface area is 233 Å². The average Bonchev–Trinajstić information content (AvgIpc) is 3.33. The molecule has 0 aliphatic carbocycles. The average molecular weight is 547 g/mol. The van der Waals surface area contributed by atoms with Crippen LogP contribution in [0.1, 0.15) is 44.9 Å². The Bertz CT molecular complexity index is 1420. The third-order valence-corrected chi connectivity index (χ3v) is 5.71. The SMILES string of the molecule is C=CCOc1ccc(-c2nn(-c3ccccc3)cc2C2NC(=O)NC(C)=C2C(=O)OC(C)C)cc1C.CC(=O)O. The Hall–Kier alpha value is -4.86. The number of rotatable bonds is 8. The van der Waals surface area contributed by atoms with Gasteiger partial charge in [-0.1, -0.05) is 30.9 Å². The van der Waals surface area contributed by atoms with Crippen molar-refractivity contribution in [2.75, 3.05) is 6.61 Å². The minimum atomic E-state index is -0.833. The number of allylic oxidation sites excluding steroid dienone is 1. The summed E-state index contributed by atoms with van der Waals surface area (Å²) in [5.41, 5.74) is 4.67. The first kappa shape index (κ1) is 29.7. The number of carbonyl (C=O) groups excluding carboxylic acids is 2. The van der Waals surface area contributed by atoms with Gasteiger partial charge in [0.15, 0.2) is 0 Å². The molecule has 0 bridgehead atoms. The third kappa shape index (κ3) is 7.37. The molecule has 10 heteroatoms. The summed E-state index contributed by atoms with van der Waals surface area (Å²) in [6.45, 7) is 12.4. The summed E-state index contributed by atoms with van der Waals surface area (Å²) in [5, 5.41) is 17.9. The molecule has 3 N–H and O–H groups in total. The van der Waals surface area contributed by atoms with Crippen LogP contribution in [0.4, 0.5) is 4.79 Å². The zero-order valence-corrected chi connectivity index (χ0v) is 23.2. The minimum Gasteiger partial charge on any atom is -0.489 e. The standard InChI is InChI=1S/C28H30N4O4.C2H4O2/c1-6-14-35-23-13-12-20(15-18(23)4)25-22(16-32(31-25)21-10-8-7-9-11-21)26-24(27(33)36-17(2)3)19(5)29-28(34)30-26;1-2(3)4/h6-13,15-17,26H,1,14H2,2-5H3,(H2,29,30,34);1H3,(H,3,4). The van der Waals surface area contributed by atoms with Gasteiger partial charge in [0.05, 0.1) is 29.1 Å². The molecule has 2 aromatic carbocycles. The monoisotopic (exact) mass is 546 g/mol. The van der Waals surface area contributed by atoms with Crippen molar-refractivity contribution in [3.8, 4) is 22.7 Å². The van der Waals surface area contributed by atoms with Gasteiger partial charge in [-0.05, 0) is 63.6 Å². The largest absolute Gasteiger partial charge is 0.489 e. The lowest BCUT2D eigenvalue weighted by atomic mass is 9.93. The summed E-state index contributed by atoms with van der Waals surface area (Å²) >= 11 is 0. The molecule has 1 aliphatic heterocycles. The fraction of sp³-hybridized carbons (Fsp3) is 0.267. The van der Waals surface area contributed by atoms with E-state index in [4.69, 9.17) is 24.5 Å². The maximum absolute atomic E-state index is 13.1. The van der Waals surface area contributed by atoms with Crippen LogP contribution >= 0.6 is 0 Å². The lowest BCUT2D eigenvalue weighted by molar-refractivity contribution is -0.143. The molecule has 1 unspecified atom stereocenters. The second-order valence-electron chi connectivity index (χ2n) is 9.34. The topological polar surface area (TPSA) is 132 Å². The van der Waals surface area contributed by atoms with Crippen molar-refractivity contribution in [1.29, 1.82) is 0 Å². The highest BCUT2D eigenvalue weighted by atomic mass is 16.5. The summed E-state index contributed by atoms with van der Waals surface area (Å²) in [7, 11) is 0. The zero-order valence-electron chi connectivity index (χ0n) is 23.2. The van der Waals surface area contributed by atoms with Gasteiger partial charge in [0.2, 0.25) is 0 Å². The Kier molecular flexibility index (Phi) is 9.86. The summed E-state index contributed by atoms with van der Waals surface area (Å²) in [4.78, 5) is 34.6. The quantitative estimate of drug-likeness (QED) is 0.265. The molecule has 4 rings (SSSR count).